The van der Waals surface area contributed by atoms with E-state index in [1.807, 2.05) is 19.9 Å². The number of nitrogens with one attached hydrogen (secondary N) is 1. The smallest absolute Gasteiger partial charge is 0.312 e. The van der Waals surface area contributed by atoms with Crippen molar-refractivity contribution in [3.05, 3.63) is 24.1 Å². The molecule has 124 valence electrons. The van der Waals surface area contributed by atoms with Gasteiger partial charge in [-0.25, -0.2) is 4.98 Å². The molecule has 0 spiro atoms. The van der Waals surface area contributed by atoms with Crippen molar-refractivity contribution in [3.8, 4) is 0 Å². The van der Waals surface area contributed by atoms with Crippen LogP contribution in [0.4, 0.5) is 10.2 Å². The van der Waals surface area contributed by atoms with Crippen LogP contribution < -0.4 is 5.32 Å². The summed E-state index contributed by atoms with van der Waals surface area (Å²) < 4.78 is 21.2. The molecular formula is C15H20FN5O2. The molecule has 1 aliphatic rings. The van der Waals surface area contributed by atoms with Crippen LogP contribution in [0.2, 0.25) is 0 Å². The Morgan fingerprint density at radius 2 is 2.43 bits per heavy atom. The number of fused-ring (bicyclic) bond motifs is 1. The molecule has 8 heteroatoms. The van der Waals surface area contributed by atoms with Crippen molar-refractivity contribution in [1.82, 2.24) is 19.5 Å². The molecule has 2 unspecified atom stereocenters. The summed E-state index contributed by atoms with van der Waals surface area (Å²) in [4.78, 5) is 12.0. The van der Waals surface area contributed by atoms with E-state index in [0.717, 1.165) is 18.4 Å². The van der Waals surface area contributed by atoms with E-state index >= 15 is 0 Å². The molecule has 1 saturated heterocycles. The second kappa shape index (κ2) is 6.59. The van der Waals surface area contributed by atoms with Crippen molar-refractivity contribution >= 4 is 17.0 Å². The molecule has 2 aromatic rings. The molecule has 1 fully saturated rings. The van der Waals surface area contributed by atoms with Crippen molar-refractivity contribution in [1.29, 1.82) is 0 Å². The Labute approximate surface area is 133 Å². The van der Waals surface area contributed by atoms with Crippen LogP contribution in [0.3, 0.4) is 0 Å². The summed E-state index contributed by atoms with van der Waals surface area (Å²) in [6.07, 6.45) is 4.31. The largest absolute Gasteiger partial charge is 0.392 e. The number of ether oxygens (including phenoxy) is 1. The molecule has 0 aliphatic carbocycles. The fraction of sp³-hybridized carbons (Fsp3) is 0.533. The zero-order valence-electron chi connectivity index (χ0n) is 13.2. The highest BCUT2D eigenvalue weighted by Crippen LogP contribution is 2.28. The average molecular weight is 321 g/mol. The molecule has 0 amide bonds. The first kappa shape index (κ1) is 15.8. The lowest BCUT2D eigenvalue weighted by Gasteiger charge is -2.13. The molecular weight excluding hydrogens is 301 g/mol. The number of nitrogens with zero attached hydrogens (tertiary/aromatic N) is 4. The van der Waals surface area contributed by atoms with Gasteiger partial charge in [0.2, 0.25) is 0 Å². The van der Waals surface area contributed by atoms with Crippen molar-refractivity contribution < 1.29 is 14.2 Å². The predicted octanol–water partition coefficient (Wildman–Crippen LogP) is 2.01. The Morgan fingerprint density at radius 1 is 1.61 bits per heavy atom. The van der Waals surface area contributed by atoms with E-state index in [-0.39, 0.29) is 18.9 Å². The number of rotatable bonds is 5. The molecule has 0 aromatic carbocycles. The predicted molar refractivity (Wildman–Crippen MR) is 83.4 cm³/mol. The topological polar surface area (TPSA) is 85.1 Å². The van der Waals surface area contributed by atoms with Crippen LogP contribution in [-0.2, 0) is 4.74 Å². The second-order valence-corrected chi connectivity index (χ2v) is 5.74. The van der Waals surface area contributed by atoms with E-state index in [1.165, 1.54) is 0 Å². The minimum Gasteiger partial charge on any atom is -0.392 e. The molecule has 0 radical (unpaired) electrons. The molecule has 23 heavy (non-hydrogen) atoms. The number of anilines is 1. The fourth-order valence-electron chi connectivity index (χ4n) is 2.72. The van der Waals surface area contributed by atoms with Gasteiger partial charge in [-0.15, -0.1) is 0 Å². The standard InChI is InChI=1S/C15H20FN5O2/c1-9(7-22)6-10(2)18-13-12-14(20-15(16)19-13)21(8-17-12)11-4-3-5-23-11/h6,8,10-11,22H,3-5,7H2,1-2H3,(H,18,19,20)/b9-6-. The molecule has 1 aliphatic heterocycles. The Bertz CT molecular complexity index is 724. The summed E-state index contributed by atoms with van der Waals surface area (Å²) in [5, 5.41) is 12.2. The Kier molecular flexibility index (Phi) is 4.53. The molecule has 3 heterocycles. The number of aliphatic hydroxyl groups excluding tert-OH is 1. The zero-order valence-corrected chi connectivity index (χ0v) is 13.2. The van der Waals surface area contributed by atoms with Gasteiger partial charge in [0, 0.05) is 12.6 Å². The third kappa shape index (κ3) is 3.32. The van der Waals surface area contributed by atoms with Crippen LogP contribution in [0.1, 0.15) is 32.9 Å². The summed E-state index contributed by atoms with van der Waals surface area (Å²) in [5.74, 6) is 0.332. The number of halogens is 1. The number of imidazole rings is 1. The van der Waals surface area contributed by atoms with Crippen molar-refractivity contribution in [3.63, 3.8) is 0 Å². The van der Waals surface area contributed by atoms with Gasteiger partial charge in [-0.2, -0.15) is 14.4 Å². The molecule has 2 aromatic heterocycles. The van der Waals surface area contributed by atoms with Crippen LogP contribution >= 0.6 is 0 Å². The van der Waals surface area contributed by atoms with E-state index in [9.17, 15) is 4.39 Å². The van der Waals surface area contributed by atoms with E-state index in [1.54, 1.807) is 10.9 Å². The minimum atomic E-state index is -0.810. The summed E-state index contributed by atoms with van der Waals surface area (Å²) in [6.45, 7) is 4.38. The summed E-state index contributed by atoms with van der Waals surface area (Å²) in [7, 11) is 0. The van der Waals surface area contributed by atoms with Crippen LogP contribution in [0, 0.1) is 6.08 Å². The lowest BCUT2D eigenvalue weighted by atomic mass is 10.2. The average Bonchev–Trinajstić information content (AvgIpc) is 3.15. The maximum atomic E-state index is 13.8. The van der Waals surface area contributed by atoms with Gasteiger partial charge >= 0.3 is 6.08 Å². The highest BCUT2D eigenvalue weighted by Gasteiger charge is 2.22. The highest BCUT2D eigenvalue weighted by atomic mass is 19.1. The maximum absolute atomic E-state index is 13.8. The van der Waals surface area contributed by atoms with Gasteiger partial charge in [-0.05, 0) is 26.7 Å². The lowest BCUT2D eigenvalue weighted by molar-refractivity contribution is 0.0592. The first-order valence-corrected chi connectivity index (χ1v) is 7.65. The number of aliphatic hydroxyl groups is 1. The van der Waals surface area contributed by atoms with Gasteiger partial charge in [0.05, 0.1) is 12.9 Å². The van der Waals surface area contributed by atoms with Crippen LogP contribution in [0.25, 0.3) is 11.2 Å². The molecule has 7 nitrogen and oxygen atoms in total. The first-order valence-electron chi connectivity index (χ1n) is 7.65. The van der Waals surface area contributed by atoms with Gasteiger partial charge in [-0.1, -0.05) is 11.6 Å². The normalized spacial score (nSPS) is 20.2. The van der Waals surface area contributed by atoms with Gasteiger partial charge in [0.1, 0.15) is 6.23 Å². The number of aromatic nitrogens is 4. The zero-order chi connectivity index (χ0) is 16.4. The Hall–Kier alpha value is -2.06. The van der Waals surface area contributed by atoms with Gasteiger partial charge in [0.15, 0.2) is 17.0 Å². The first-order chi connectivity index (χ1) is 11.1. The summed E-state index contributed by atoms with van der Waals surface area (Å²) in [5.41, 5.74) is 1.74. The van der Waals surface area contributed by atoms with Crippen LogP contribution in [0.15, 0.2) is 18.0 Å². The van der Waals surface area contributed by atoms with E-state index in [2.05, 4.69) is 20.3 Å². The third-order valence-corrected chi connectivity index (χ3v) is 3.76. The van der Waals surface area contributed by atoms with E-state index < -0.39 is 6.08 Å². The quantitative estimate of drug-likeness (QED) is 0.647. The van der Waals surface area contributed by atoms with Gasteiger partial charge in [0.25, 0.3) is 0 Å². The van der Waals surface area contributed by atoms with Crippen LogP contribution in [0.5, 0.6) is 0 Å². The Morgan fingerprint density at radius 3 is 3.13 bits per heavy atom. The van der Waals surface area contributed by atoms with E-state index in [4.69, 9.17) is 9.84 Å². The number of hydrogen-bond donors (Lipinski definition) is 2. The van der Waals surface area contributed by atoms with E-state index in [0.29, 0.717) is 23.6 Å². The van der Waals surface area contributed by atoms with Crippen LogP contribution in [-0.4, -0.2) is 43.9 Å². The molecule has 0 saturated carbocycles. The van der Waals surface area contributed by atoms with Crippen molar-refractivity contribution in [2.24, 2.45) is 0 Å². The number of hydrogen-bond acceptors (Lipinski definition) is 6. The van der Waals surface area contributed by atoms with Crippen molar-refractivity contribution in [2.45, 2.75) is 39.0 Å². The molecule has 2 N–H and O–H groups in total. The summed E-state index contributed by atoms with van der Waals surface area (Å²) in [6, 6.07) is -0.132. The fourth-order valence-corrected chi connectivity index (χ4v) is 2.72. The lowest BCUT2D eigenvalue weighted by Crippen LogP contribution is -2.16. The maximum Gasteiger partial charge on any atom is 0.312 e. The SMILES string of the molecule is C/C(=C/C(C)Nc1nc(F)nc2c1ncn2C1CCCO1)CO. The highest BCUT2D eigenvalue weighted by molar-refractivity contribution is 5.83. The van der Waals surface area contributed by atoms with Crippen molar-refractivity contribution in [2.75, 3.05) is 18.5 Å². The molecule has 3 rings (SSSR count). The second-order valence-electron chi connectivity index (χ2n) is 5.74. The van der Waals surface area contributed by atoms with Gasteiger partial charge < -0.3 is 15.2 Å². The molecule has 2 atom stereocenters. The minimum absolute atomic E-state index is 0.0206. The monoisotopic (exact) mass is 321 g/mol. The third-order valence-electron chi connectivity index (χ3n) is 3.76. The molecule has 0 bridgehead atoms. The summed E-state index contributed by atoms with van der Waals surface area (Å²) >= 11 is 0. The van der Waals surface area contributed by atoms with Gasteiger partial charge in [-0.3, -0.25) is 4.57 Å². The Balaban J connectivity index is 1.94.